The summed E-state index contributed by atoms with van der Waals surface area (Å²) < 4.78 is 1.85. The molecule has 0 aliphatic carbocycles. The molecule has 134 valence electrons. The number of urea groups is 1. The highest BCUT2D eigenvalue weighted by Crippen LogP contribution is 2.17. The van der Waals surface area contributed by atoms with E-state index in [1.807, 2.05) is 48.3 Å². The van der Waals surface area contributed by atoms with Gasteiger partial charge in [-0.15, -0.1) is 0 Å². The smallest absolute Gasteiger partial charge is 0.319 e. The van der Waals surface area contributed by atoms with E-state index in [-0.39, 0.29) is 6.03 Å². The highest BCUT2D eigenvalue weighted by atomic mass is 16.2. The third kappa shape index (κ3) is 5.32. The number of hydrogen-bond acceptors (Lipinski definition) is 3. The summed E-state index contributed by atoms with van der Waals surface area (Å²) in [5, 5.41) is 10.1. The Morgan fingerprint density at radius 1 is 1.28 bits per heavy atom. The quantitative estimate of drug-likeness (QED) is 0.849. The molecule has 0 saturated carbocycles. The van der Waals surface area contributed by atoms with E-state index < -0.39 is 0 Å². The Morgan fingerprint density at radius 3 is 2.88 bits per heavy atom. The van der Waals surface area contributed by atoms with Crippen molar-refractivity contribution >= 4 is 11.7 Å². The van der Waals surface area contributed by atoms with Crippen LogP contribution in [0.1, 0.15) is 24.8 Å². The number of aryl methyl sites for hydroxylation is 1. The summed E-state index contributed by atoms with van der Waals surface area (Å²) in [6.07, 6.45) is 8.62. The third-order valence-electron chi connectivity index (χ3n) is 4.73. The van der Waals surface area contributed by atoms with Crippen molar-refractivity contribution in [3.8, 4) is 0 Å². The fraction of sp³-hybridized carbons (Fsp3) is 0.474. The van der Waals surface area contributed by atoms with Crippen molar-refractivity contribution in [1.29, 1.82) is 0 Å². The van der Waals surface area contributed by atoms with Crippen LogP contribution >= 0.6 is 0 Å². The summed E-state index contributed by atoms with van der Waals surface area (Å²) >= 11 is 0. The molecule has 25 heavy (non-hydrogen) atoms. The van der Waals surface area contributed by atoms with Crippen LogP contribution in [0, 0.1) is 0 Å². The topological polar surface area (TPSA) is 62.2 Å². The maximum Gasteiger partial charge on any atom is 0.319 e. The average molecular weight is 341 g/mol. The molecule has 3 rings (SSSR count). The zero-order valence-corrected chi connectivity index (χ0v) is 14.8. The van der Waals surface area contributed by atoms with E-state index in [4.69, 9.17) is 0 Å². The van der Waals surface area contributed by atoms with Crippen LogP contribution < -0.4 is 10.6 Å². The maximum atomic E-state index is 12.1. The van der Waals surface area contributed by atoms with Crippen LogP contribution in [0.2, 0.25) is 0 Å². The van der Waals surface area contributed by atoms with Crippen LogP contribution in [0.4, 0.5) is 10.5 Å². The van der Waals surface area contributed by atoms with Crippen molar-refractivity contribution in [3.05, 3.63) is 48.3 Å². The monoisotopic (exact) mass is 341 g/mol. The summed E-state index contributed by atoms with van der Waals surface area (Å²) in [6, 6.07) is 9.82. The molecule has 1 aromatic heterocycles. The van der Waals surface area contributed by atoms with Crippen LogP contribution in [0.3, 0.4) is 0 Å². The number of nitrogens with one attached hydrogen (secondary N) is 2. The first-order chi connectivity index (χ1) is 12.2. The summed E-state index contributed by atoms with van der Waals surface area (Å²) in [6.45, 7) is 2.80. The van der Waals surface area contributed by atoms with Gasteiger partial charge in [0.15, 0.2) is 0 Å². The lowest BCUT2D eigenvalue weighted by atomic mass is 10.0. The van der Waals surface area contributed by atoms with Gasteiger partial charge in [0.25, 0.3) is 0 Å². The van der Waals surface area contributed by atoms with Gasteiger partial charge in [-0.2, -0.15) is 5.10 Å². The van der Waals surface area contributed by atoms with Gasteiger partial charge >= 0.3 is 6.03 Å². The fourth-order valence-corrected chi connectivity index (χ4v) is 3.37. The summed E-state index contributed by atoms with van der Waals surface area (Å²) in [4.78, 5) is 14.6. The standard InChI is InChI=1S/C19H27N5O/c1-23-15-16(13-21-23)10-12-24-11-6-5-9-18(24)14-20-19(25)22-17-7-3-2-4-8-17/h2-4,7-8,13,15,18H,5-6,9-12,14H2,1H3,(H2,20,22,25)/t18-/m0/s1. The minimum atomic E-state index is -0.135. The van der Waals surface area contributed by atoms with Crippen molar-refractivity contribution in [2.45, 2.75) is 31.7 Å². The van der Waals surface area contributed by atoms with Crippen molar-refractivity contribution in [1.82, 2.24) is 20.0 Å². The predicted octanol–water partition coefficient (Wildman–Crippen LogP) is 2.64. The average Bonchev–Trinajstić information content (AvgIpc) is 3.05. The third-order valence-corrected chi connectivity index (χ3v) is 4.73. The second-order valence-corrected chi connectivity index (χ2v) is 6.66. The van der Waals surface area contributed by atoms with Gasteiger partial charge in [-0.1, -0.05) is 24.6 Å². The lowest BCUT2D eigenvalue weighted by Gasteiger charge is -2.35. The number of carbonyl (C=O) groups is 1. The Kier molecular flexibility index (Phi) is 6.06. The highest BCUT2D eigenvalue weighted by Gasteiger charge is 2.22. The van der Waals surface area contributed by atoms with Crippen LogP contribution in [-0.2, 0) is 13.5 Å². The summed E-state index contributed by atoms with van der Waals surface area (Å²) in [5.74, 6) is 0. The number of anilines is 1. The molecule has 0 bridgehead atoms. The molecule has 1 aromatic carbocycles. The van der Waals surface area contributed by atoms with Crippen LogP contribution in [0.25, 0.3) is 0 Å². The van der Waals surface area contributed by atoms with Gasteiger partial charge < -0.3 is 10.6 Å². The number of carbonyl (C=O) groups excluding carboxylic acids is 1. The predicted molar refractivity (Wildman–Crippen MR) is 99.6 cm³/mol. The lowest BCUT2D eigenvalue weighted by Crippen LogP contribution is -2.48. The van der Waals surface area contributed by atoms with Crippen molar-refractivity contribution in [2.24, 2.45) is 7.05 Å². The van der Waals surface area contributed by atoms with Gasteiger partial charge in [-0.3, -0.25) is 9.58 Å². The molecule has 2 N–H and O–H groups in total. The van der Waals surface area contributed by atoms with E-state index in [0.717, 1.165) is 31.6 Å². The van der Waals surface area contributed by atoms with Gasteiger partial charge in [0.1, 0.15) is 0 Å². The van der Waals surface area contributed by atoms with Crippen LogP contribution in [0.15, 0.2) is 42.7 Å². The maximum absolute atomic E-state index is 12.1. The van der Waals surface area contributed by atoms with Gasteiger partial charge in [-0.05, 0) is 43.5 Å². The molecule has 1 saturated heterocycles. The van der Waals surface area contributed by atoms with Gasteiger partial charge in [0, 0.05) is 38.1 Å². The minimum absolute atomic E-state index is 0.135. The number of rotatable bonds is 6. The first-order valence-electron chi connectivity index (χ1n) is 9.02. The molecular weight excluding hydrogens is 314 g/mol. The zero-order chi connectivity index (χ0) is 17.5. The van der Waals surface area contributed by atoms with E-state index >= 15 is 0 Å². The van der Waals surface area contributed by atoms with E-state index in [1.54, 1.807) is 0 Å². The largest absolute Gasteiger partial charge is 0.336 e. The lowest BCUT2D eigenvalue weighted by molar-refractivity contribution is 0.148. The fourth-order valence-electron chi connectivity index (χ4n) is 3.37. The highest BCUT2D eigenvalue weighted by molar-refractivity contribution is 5.89. The molecule has 6 nitrogen and oxygen atoms in total. The van der Waals surface area contributed by atoms with E-state index in [1.165, 1.54) is 18.4 Å². The number of amides is 2. The second kappa shape index (κ2) is 8.67. The molecule has 2 amide bonds. The Hall–Kier alpha value is -2.34. The molecule has 1 aliphatic rings. The number of piperidine rings is 1. The molecule has 0 spiro atoms. The Morgan fingerprint density at radius 2 is 2.12 bits per heavy atom. The molecule has 1 atom stereocenters. The molecule has 6 heteroatoms. The number of para-hydroxylation sites is 1. The van der Waals surface area contributed by atoms with E-state index in [9.17, 15) is 4.79 Å². The van der Waals surface area contributed by atoms with Crippen molar-refractivity contribution in [3.63, 3.8) is 0 Å². The number of benzene rings is 1. The second-order valence-electron chi connectivity index (χ2n) is 6.66. The molecular formula is C19H27N5O. The van der Waals surface area contributed by atoms with Crippen molar-refractivity contribution in [2.75, 3.05) is 25.0 Å². The first kappa shape index (κ1) is 17.5. The van der Waals surface area contributed by atoms with E-state index in [0.29, 0.717) is 12.6 Å². The minimum Gasteiger partial charge on any atom is -0.336 e. The number of hydrogen-bond donors (Lipinski definition) is 2. The number of likely N-dealkylation sites (tertiary alicyclic amines) is 1. The first-order valence-corrected chi connectivity index (χ1v) is 9.02. The van der Waals surface area contributed by atoms with Crippen LogP contribution in [0.5, 0.6) is 0 Å². The number of nitrogens with zero attached hydrogens (tertiary/aromatic N) is 3. The van der Waals surface area contributed by atoms with Gasteiger partial charge in [-0.25, -0.2) is 4.79 Å². The van der Waals surface area contributed by atoms with Gasteiger partial charge in [0.2, 0.25) is 0 Å². The summed E-state index contributed by atoms with van der Waals surface area (Å²) in [5.41, 5.74) is 2.08. The Labute approximate surface area is 149 Å². The molecule has 1 aliphatic heterocycles. The van der Waals surface area contributed by atoms with Gasteiger partial charge in [0.05, 0.1) is 6.20 Å². The number of aromatic nitrogens is 2. The summed E-state index contributed by atoms with van der Waals surface area (Å²) in [7, 11) is 1.95. The Bertz CT molecular complexity index is 669. The molecule has 0 radical (unpaired) electrons. The molecule has 2 heterocycles. The van der Waals surface area contributed by atoms with Crippen molar-refractivity contribution < 1.29 is 4.79 Å². The SMILES string of the molecule is Cn1cc(CCN2CCCC[C@H]2CNC(=O)Nc2ccccc2)cn1. The normalized spacial score (nSPS) is 18.0. The molecule has 2 aromatic rings. The zero-order valence-electron chi connectivity index (χ0n) is 14.8. The molecule has 0 unspecified atom stereocenters. The molecule has 1 fully saturated rings. The van der Waals surface area contributed by atoms with Crippen LogP contribution in [-0.4, -0.2) is 46.4 Å². The van der Waals surface area contributed by atoms with E-state index in [2.05, 4.69) is 26.8 Å². The Balaban J connectivity index is 1.46.